The Morgan fingerprint density at radius 3 is 2.64 bits per heavy atom. The number of hydrogen-bond acceptors (Lipinski definition) is 3. The van der Waals surface area contributed by atoms with Gasteiger partial charge in [-0.05, 0) is 24.7 Å². The fraction of sp³-hybridized carbons (Fsp3) is 0.900. The Hall–Kier alpha value is -0.610. The molecule has 1 heterocycles. The van der Waals surface area contributed by atoms with E-state index in [4.69, 9.17) is 15.6 Å². The Balaban J connectivity index is 2.40. The van der Waals surface area contributed by atoms with Crippen LogP contribution in [0.4, 0.5) is 0 Å². The van der Waals surface area contributed by atoms with Crippen molar-refractivity contribution in [1.82, 2.24) is 0 Å². The molecule has 0 saturated carbocycles. The van der Waals surface area contributed by atoms with Crippen LogP contribution in [0.15, 0.2) is 0 Å². The number of rotatable bonds is 4. The first-order valence-corrected chi connectivity index (χ1v) is 5.10. The van der Waals surface area contributed by atoms with E-state index < -0.39 is 5.97 Å². The fourth-order valence-electron chi connectivity index (χ4n) is 1.84. The average Bonchev–Trinajstić information content (AvgIpc) is 2.15. The summed E-state index contributed by atoms with van der Waals surface area (Å²) in [7, 11) is 0. The molecular weight excluding hydrogens is 182 g/mol. The number of aliphatic carboxylic acids is 1. The summed E-state index contributed by atoms with van der Waals surface area (Å²) in [6, 6.07) is -0.0255. The van der Waals surface area contributed by atoms with Gasteiger partial charge in [-0.1, -0.05) is 6.92 Å². The Morgan fingerprint density at radius 1 is 1.57 bits per heavy atom. The topological polar surface area (TPSA) is 72.6 Å². The average molecular weight is 201 g/mol. The van der Waals surface area contributed by atoms with E-state index in [9.17, 15) is 4.79 Å². The number of carboxylic acids is 1. The van der Waals surface area contributed by atoms with Crippen molar-refractivity contribution in [2.24, 2.45) is 11.1 Å². The van der Waals surface area contributed by atoms with E-state index in [1.807, 2.05) is 0 Å². The van der Waals surface area contributed by atoms with E-state index in [0.29, 0.717) is 6.42 Å². The molecule has 0 aliphatic carbocycles. The summed E-state index contributed by atoms with van der Waals surface area (Å²) in [6.07, 6.45) is 2.60. The van der Waals surface area contributed by atoms with Crippen molar-refractivity contribution < 1.29 is 14.6 Å². The summed E-state index contributed by atoms with van der Waals surface area (Å²) in [6.45, 7) is 3.62. The molecular formula is C10H19NO3. The molecule has 1 atom stereocenters. The molecule has 0 radical (unpaired) electrons. The van der Waals surface area contributed by atoms with E-state index in [1.165, 1.54) is 0 Å². The minimum Gasteiger partial charge on any atom is -0.481 e. The summed E-state index contributed by atoms with van der Waals surface area (Å²) >= 11 is 0. The lowest BCUT2D eigenvalue weighted by atomic mass is 9.74. The van der Waals surface area contributed by atoms with Crippen molar-refractivity contribution in [2.45, 2.75) is 38.6 Å². The molecule has 3 N–H and O–H groups in total. The van der Waals surface area contributed by atoms with Crippen LogP contribution in [0.25, 0.3) is 0 Å². The first kappa shape index (κ1) is 11.5. The molecule has 1 fully saturated rings. The second kappa shape index (κ2) is 4.75. The van der Waals surface area contributed by atoms with E-state index >= 15 is 0 Å². The second-order valence-electron chi connectivity index (χ2n) is 4.31. The summed E-state index contributed by atoms with van der Waals surface area (Å²) in [5, 5.41) is 8.56. The van der Waals surface area contributed by atoms with E-state index in [-0.39, 0.29) is 17.9 Å². The zero-order valence-electron chi connectivity index (χ0n) is 8.66. The van der Waals surface area contributed by atoms with Crippen LogP contribution in [-0.4, -0.2) is 30.3 Å². The van der Waals surface area contributed by atoms with Crippen molar-refractivity contribution in [3.63, 3.8) is 0 Å². The van der Waals surface area contributed by atoms with Gasteiger partial charge in [-0.3, -0.25) is 4.79 Å². The maximum atomic E-state index is 10.4. The van der Waals surface area contributed by atoms with Gasteiger partial charge in [-0.25, -0.2) is 0 Å². The number of carbonyl (C=O) groups is 1. The molecule has 1 rings (SSSR count). The van der Waals surface area contributed by atoms with Crippen LogP contribution in [0.5, 0.6) is 0 Å². The number of carboxylic acid groups (broad SMARTS) is 1. The highest BCUT2D eigenvalue weighted by molar-refractivity contribution is 5.66. The lowest BCUT2D eigenvalue weighted by Gasteiger charge is -2.38. The largest absolute Gasteiger partial charge is 0.481 e. The van der Waals surface area contributed by atoms with Crippen LogP contribution in [0.1, 0.15) is 32.6 Å². The smallest absolute Gasteiger partial charge is 0.303 e. The SMILES string of the molecule is CC1(C(N)CCC(=O)O)CCOCC1. The van der Waals surface area contributed by atoms with Crippen LogP contribution >= 0.6 is 0 Å². The molecule has 0 bridgehead atoms. The van der Waals surface area contributed by atoms with E-state index in [0.717, 1.165) is 26.1 Å². The molecule has 1 unspecified atom stereocenters. The minimum atomic E-state index is -0.767. The van der Waals surface area contributed by atoms with Crippen LogP contribution in [0, 0.1) is 5.41 Å². The molecule has 14 heavy (non-hydrogen) atoms. The molecule has 1 aliphatic heterocycles. The third-order valence-corrected chi connectivity index (χ3v) is 3.20. The third-order valence-electron chi connectivity index (χ3n) is 3.20. The highest BCUT2D eigenvalue weighted by atomic mass is 16.5. The van der Waals surface area contributed by atoms with Gasteiger partial charge < -0.3 is 15.6 Å². The number of nitrogens with two attached hydrogens (primary N) is 1. The maximum absolute atomic E-state index is 10.4. The second-order valence-corrected chi connectivity index (χ2v) is 4.31. The zero-order chi connectivity index (χ0) is 10.6. The normalized spacial score (nSPS) is 23.0. The predicted molar refractivity (Wildman–Crippen MR) is 53.0 cm³/mol. The van der Waals surface area contributed by atoms with Gasteiger partial charge in [0.15, 0.2) is 0 Å². The zero-order valence-corrected chi connectivity index (χ0v) is 8.66. The van der Waals surface area contributed by atoms with Crippen molar-refractivity contribution in [3.05, 3.63) is 0 Å². The standard InChI is InChI=1S/C10H19NO3/c1-10(4-6-14-7-5-10)8(11)2-3-9(12)13/h8H,2-7,11H2,1H3,(H,12,13). The molecule has 0 amide bonds. The number of ether oxygens (including phenoxy) is 1. The van der Waals surface area contributed by atoms with Gasteiger partial charge in [0.25, 0.3) is 0 Å². The highest BCUT2D eigenvalue weighted by Gasteiger charge is 2.33. The Kier molecular flexibility index (Phi) is 3.89. The molecule has 0 aromatic heterocycles. The summed E-state index contributed by atoms with van der Waals surface area (Å²) in [5.74, 6) is -0.767. The molecule has 1 aliphatic rings. The van der Waals surface area contributed by atoms with Crippen molar-refractivity contribution >= 4 is 5.97 Å². The van der Waals surface area contributed by atoms with Gasteiger partial charge in [0.1, 0.15) is 0 Å². The molecule has 4 heteroatoms. The number of hydrogen-bond donors (Lipinski definition) is 2. The van der Waals surface area contributed by atoms with Crippen LogP contribution in [-0.2, 0) is 9.53 Å². The first-order valence-electron chi connectivity index (χ1n) is 5.10. The van der Waals surface area contributed by atoms with Crippen molar-refractivity contribution in [2.75, 3.05) is 13.2 Å². The van der Waals surface area contributed by atoms with Gasteiger partial charge in [0, 0.05) is 25.7 Å². The molecule has 0 aromatic carbocycles. The van der Waals surface area contributed by atoms with Gasteiger partial charge in [-0.15, -0.1) is 0 Å². The molecule has 0 aromatic rings. The Bertz CT molecular complexity index is 200. The van der Waals surface area contributed by atoms with Crippen molar-refractivity contribution in [1.29, 1.82) is 0 Å². The summed E-state index contributed by atoms with van der Waals surface area (Å²) < 4.78 is 5.27. The molecule has 82 valence electrons. The lowest BCUT2D eigenvalue weighted by Crippen LogP contribution is -2.43. The first-order chi connectivity index (χ1) is 6.54. The fourth-order valence-corrected chi connectivity index (χ4v) is 1.84. The molecule has 1 saturated heterocycles. The predicted octanol–water partition coefficient (Wildman–Crippen LogP) is 0.995. The quantitative estimate of drug-likeness (QED) is 0.711. The minimum absolute atomic E-state index is 0.0255. The van der Waals surface area contributed by atoms with Gasteiger partial charge in [0.2, 0.25) is 0 Å². The molecule has 4 nitrogen and oxygen atoms in total. The molecule has 0 spiro atoms. The Morgan fingerprint density at radius 2 is 2.14 bits per heavy atom. The summed E-state index contributed by atoms with van der Waals surface area (Å²) in [4.78, 5) is 10.4. The van der Waals surface area contributed by atoms with Crippen LogP contribution in [0.3, 0.4) is 0 Å². The van der Waals surface area contributed by atoms with Crippen molar-refractivity contribution in [3.8, 4) is 0 Å². The summed E-state index contributed by atoms with van der Waals surface area (Å²) in [5.41, 5.74) is 6.08. The Labute approximate surface area is 84.4 Å². The van der Waals surface area contributed by atoms with Gasteiger partial charge in [0.05, 0.1) is 0 Å². The van der Waals surface area contributed by atoms with Crippen LogP contribution in [0.2, 0.25) is 0 Å². The monoisotopic (exact) mass is 201 g/mol. The van der Waals surface area contributed by atoms with Crippen LogP contribution < -0.4 is 5.73 Å². The van der Waals surface area contributed by atoms with Gasteiger partial charge in [-0.2, -0.15) is 0 Å². The lowest BCUT2D eigenvalue weighted by molar-refractivity contribution is -0.137. The maximum Gasteiger partial charge on any atom is 0.303 e. The van der Waals surface area contributed by atoms with Gasteiger partial charge >= 0.3 is 5.97 Å². The highest BCUT2D eigenvalue weighted by Crippen LogP contribution is 2.34. The third kappa shape index (κ3) is 2.96. The van der Waals surface area contributed by atoms with E-state index in [1.54, 1.807) is 0 Å². The van der Waals surface area contributed by atoms with E-state index in [2.05, 4.69) is 6.92 Å².